The molecule has 0 bridgehead atoms. The van der Waals surface area contributed by atoms with Crippen molar-refractivity contribution >= 4 is 23.0 Å². The monoisotopic (exact) mass is 288 g/mol. The average Bonchev–Trinajstić information content (AvgIpc) is 2.41. The molecule has 0 spiro atoms. The lowest BCUT2D eigenvalue weighted by Gasteiger charge is -2.30. The van der Waals surface area contributed by atoms with E-state index in [4.69, 9.17) is 11.6 Å². The minimum absolute atomic E-state index is 0.0186. The number of halogens is 1. The topological polar surface area (TPSA) is 55.2 Å². The fraction of sp³-hybridized carbons (Fsp3) is 0.200. The van der Waals surface area contributed by atoms with Crippen molar-refractivity contribution in [2.45, 2.75) is 12.3 Å². The summed E-state index contributed by atoms with van der Waals surface area (Å²) in [5.74, 6) is 0.418. The predicted octanol–water partition coefficient (Wildman–Crippen LogP) is 4.00. The molecular formula is C15H13ClN2O2. The lowest BCUT2D eigenvalue weighted by molar-refractivity contribution is -0.383. The lowest BCUT2D eigenvalue weighted by Crippen LogP contribution is -2.24. The molecular weight excluding hydrogens is 276 g/mol. The number of hydrogen-bond acceptors (Lipinski definition) is 3. The summed E-state index contributed by atoms with van der Waals surface area (Å²) >= 11 is 5.80. The van der Waals surface area contributed by atoms with Crippen LogP contribution in [0.5, 0.6) is 0 Å². The molecule has 5 heteroatoms. The zero-order valence-corrected chi connectivity index (χ0v) is 11.4. The summed E-state index contributed by atoms with van der Waals surface area (Å²) in [5, 5.41) is 14.5. The van der Waals surface area contributed by atoms with Crippen LogP contribution < -0.4 is 5.32 Å². The quantitative estimate of drug-likeness (QED) is 0.683. The normalized spacial score (nSPS) is 16.1. The smallest absolute Gasteiger partial charge is 0.293 e. The van der Waals surface area contributed by atoms with Crippen LogP contribution in [-0.4, -0.2) is 11.5 Å². The van der Waals surface area contributed by atoms with E-state index >= 15 is 0 Å². The third kappa shape index (κ3) is 2.34. The van der Waals surface area contributed by atoms with E-state index in [-0.39, 0.29) is 5.69 Å². The maximum atomic E-state index is 11.0. The van der Waals surface area contributed by atoms with Gasteiger partial charge >= 0.3 is 0 Å². The first kappa shape index (κ1) is 12.9. The Morgan fingerprint density at radius 2 is 2.10 bits per heavy atom. The summed E-state index contributed by atoms with van der Waals surface area (Å²) in [7, 11) is 0. The van der Waals surface area contributed by atoms with Gasteiger partial charge in [-0.1, -0.05) is 35.9 Å². The van der Waals surface area contributed by atoms with Crippen LogP contribution in [0.4, 0.5) is 11.4 Å². The molecule has 1 unspecified atom stereocenters. The molecule has 102 valence electrons. The van der Waals surface area contributed by atoms with E-state index in [0.717, 1.165) is 6.42 Å². The van der Waals surface area contributed by atoms with Gasteiger partial charge in [-0.2, -0.15) is 0 Å². The summed E-state index contributed by atoms with van der Waals surface area (Å²) in [6, 6.07) is 13.0. The van der Waals surface area contributed by atoms with Crippen LogP contribution in [0.25, 0.3) is 0 Å². The van der Waals surface area contributed by atoms with Crippen LogP contribution in [0, 0.1) is 10.1 Å². The van der Waals surface area contributed by atoms with Crippen LogP contribution in [0.2, 0.25) is 5.02 Å². The second-order valence-corrected chi connectivity index (χ2v) is 5.34. The highest BCUT2D eigenvalue weighted by Crippen LogP contribution is 2.36. The number of nitro benzene ring substituents is 1. The molecule has 0 aromatic heterocycles. The van der Waals surface area contributed by atoms with Crippen LogP contribution in [0.3, 0.4) is 0 Å². The Morgan fingerprint density at radius 1 is 1.30 bits per heavy atom. The van der Waals surface area contributed by atoms with E-state index < -0.39 is 4.92 Å². The van der Waals surface area contributed by atoms with Crippen molar-refractivity contribution < 1.29 is 4.92 Å². The maximum absolute atomic E-state index is 11.0. The van der Waals surface area contributed by atoms with Crippen LogP contribution in [0.15, 0.2) is 42.5 Å². The molecule has 20 heavy (non-hydrogen) atoms. The van der Waals surface area contributed by atoms with Crippen molar-refractivity contribution in [3.8, 4) is 0 Å². The fourth-order valence-electron chi connectivity index (χ4n) is 2.58. The van der Waals surface area contributed by atoms with E-state index in [1.165, 1.54) is 17.2 Å². The minimum Gasteiger partial charge on any atom is -0.379 e. The Labute approximate surface area is 121 Å². The molecule has 0 saturated carbocycles. The van der Waals surface area contributed by atoms with Crippen molar-refractivity contribution in [2.24, 2.45) is 0 Å². The van der Waals surface area contributed by atoms with Crippen LogP contribution in [-0.2, 0) is 6.42 Å². The molecule has 0 aliphatic heterocycles. The Kier molecular flexibility index (Phi) is 3.32. The summed E-state index contributed by atoms with van der Waals surface area (Å²) in [6.45, 7) is 0.694. The number of nitrogens with one attached hydrogen (secondary N) is 1. The molecule has 1 N–H and O–H groups in total. The molecule has 0 amide bonds. The maximum Gasteiger partial charge on any atom is 0.293 e. The number of nitrogens with zero attached hydrogens (tertiary/aromatic N) is 1. The van der Waals surface area contributed by atoms with E-state index in [1.807, 2.05) is 12.1 Å². The number of benzene rings is 2. The molecule has 1 aliphatic carbocycles. The van der Waals surface area contributed by atoms with Gasteiger partial charge in [0, 0.05) is 23.6 Å². The summed E-state index contributed by atoms with van der Waals surface area (Å²) < 4.78 is 0. The second-order valence-electron chi connectivity index (χ2n) is 4.90. The highest BCUT2D eigenvalue weighted by Gasteiger charge is 2.25. The Bertz CT molecular complexity index is 673. The van der Waals surface area contributed by atoms with Gasteiger partial charge in [-0.15, -0.1) is 0 Å². The SMILES string of the molecule is O=[N+]([O-])c1cc(Cl)ccc1NCC1Cc2ccccc21. The van der Waals surface area contributed by atoms with E-state index in [2.05, 4.69) is 17.4 Å². The van der Waals surface area contributed by atoms with Crippen molar-refractivity contribution in [3.05, 3.63) is 68.7 Å². The van der Waals surface area contributed by atoms with Crippen molar-refractivity contribution in [1.29, 1.82) is 0 Å². The lowest BCUT2D eigenvalue weighted by atomic mass is 9.77. The number of nitro groups is 1. The number of rotatable bonds is 4. The average molecular weight is 289 g/mol. The Hall–Kier alpha value is -2.07. The number of fused-ring (bicyclic) bond motifs is 1. The molecule has 2 aromatic carbocycles. The largest absolute Gasteiger partial charge is 0.379 e. The Balaban J connectivity index is 1.73. The van der Waals surface area contributed by atoms with Gasteiger partial charge in [0.25, 0.3) is 5.69 Å². The summed E-state index contributed by atoms with van der Waals surface area (Å²) in [4.78, 5) is 10.6. The van der Waals surface area contributed by atoms with Gasteiger partial charge in [0.1, 0.15) is 5.69 Å². The minimum atomic E-state index is -0.414. The third-order valence-corrected chi connectivity index (χ3v) is 3.89. The summed E-state index contributed by atoms with van der Waals surface area (Å²) in [5.41, 5.74) is 3.23. The van der Waals surface area contributed by atoms with Crippen molar-refractivity contribution in [3.63, 3.8) is 0 Å². The number of anilines is 1. The molecule has 0 fully saturated rings. The first-order chi connectivity index (χ1) is 9.65. The molecule has 3 rings (SSSR count). The zero-order chi connectivity index (χ0) is 14.1. The third-order valence-electron chi connectivity index (χ3n) is 3.66. The second kappa shape index (κ2) is 5.13. The van der Waals surface area contributed by atoms with E-state index in [9.17, 15) is 10.1 Å². The molecule has 0 saturated heterocycles. The molecule has 0 heterocycles. The van der Waals surface area contributed by atoms with Crippen LogP contribution in [0.1, 0.15) is 17.0 Å². The van der Waals surface area contributed by atoms with Gasteiger partial charge in [-0.05, 0) is 29.7 Å². The zero-order valence-electron chi connectivity index (χ0n) is 10.7. The predicted molar refractivity (Wildman–Crippen MR) is 79.5 cm³/mol. The molecule has 0 radical (unpaired) electrons. The van der Waals surface area contributed by atoms with E-state index in [1.54, 1.807) is 12.1 Å². The van der Waals surface area contributed by atoms with Gasteiger partial charge in [0.2, 0.25) is 0 Å². The van der Waals surface area contributed by atoms with Gasteiger partial charge in [0.15, 0.2) is 0 Å². The van der Waals surface area contributed by atoms with Gasteiger partial charge < -0.3 is 5.32 Å². The molecule has 1 aliphatic rings. The highest BCUT2D eigenvalue weighted by atomic mass is 35.5. The Morgan fingerprint density at radius 3 is 2.85 bits per heavy atom. The fourth-order valence-corrected chi connectivity index (χ4v) is 2.75. The highest BCUT2D eigenvalue weighted by molar-refractivity contribution is 6.30. The first-order valence-electron chi connectivity index (χ1n) is 6.41. The molecule has 2 aromatic rings. The summed E-state index contributed by atoms with van der Waals surface area (Å²) in [6.07, 6.45) is 1.02. The first-order valence-corrected chi connectivity index (χ1v) is 6.78. The van der Waals surface area contributed by atoms with Crippen LogP contribution >= 0.6 is 11.6 Å². The number of hydrogen-bond donors (Lipinski definition) is 1. The molecule has 1 atom stereocenters. The van der Waals surface area contributed by atoms with Gasteiger partial charge in [-0.25, -0.2) is 0 Å². The van der Waals surface area contributed by atoms with Crippen molar-refractivity contribution in [1.82, 2.24) is 0 Å². The van der Waals surface area contributed by atoms with Gasteiger partial charge in [-0.3, -0.25) is 10.1 Å². The van der Waals surface area contributed by atoms with E-state index in [0.29, 0.717) is 23.2 Å². The van der Waals surface area contributed by atoms with Gasteiger partial charge in [0.05, 0.1) is 4.92 Å². The van der Waals surface area contributed by atoms with Crippen molar-refractivity contribution in [2.75, 3.05) is 11.9 Å². The standard InChI is InChI=1S/C15H13ClN2O2/c16-12-5-6-14(15(8-12)18(19)20)17-9-11-7-10-3-1-2-4-13(10)11/h1-6,8,11,17H,7,9H2. The molecule has 4 nitrogen and oxygen atoms in total.